The standard InChI is InChI=1S/C29H29N3O5/c1-4-5-15-36-21-12-10-20(11-13-21)25-23(27(34)29(35)32(25)17-22-9-7-16-37-22)26(33)24-19(3)31-14-6-8-18(2)28(31)30-24/h6-14,16,25,33H,4-5,15,17H2,1-3H3. The molecule has 1 saturated heterocycles. The molecule has 4 heterocycles. The summed E-state index contributed by atoms with van der Waals surface area (Å²) in [6.07, 6.45) is 5.35. The Kier molecular flexibility index (Phi) is 6.56. The van der Waals surface area contributed by atoms with Gasteiger partial charge in [-0.05, 0) is 61.7 Å². The predicted molar refractivity (Wildman–Crippen MR) is 138 cm³/mol. The molecule has 5 rings (SSSR count). The van der Waals surface area contributed by atoms with E-state index in [0.717, 1.165) is 18.4 Å². The average molecular weight is 500 g/mol. The molecule has 37 heavy (non-hydrogen) atoms. The van der Waals surface area contributed by atoms with E-state index in [-0.39, 0.29) is 23.6 Å². The Balaban J connectivity index is 1.62. The maximum atomic E-state index is 13.4. The molecule has 1 aliphatic rings. The van der Waals surface area contributed by atoms with Gasteiger partial charge in [0, 0.05) is 6.20 Å². The Morgan fingerprint density at radius 2 is 1.89 bits per heavy atom. The summed E-state index contributed by atoms with van der Waals surface area (Å²) in [5, 5.41) is 11.5. The number of imidazole rings is 1. The summed E-state index contributed by atoms with van der Waals surface area (Å²) in [4.78, 5) is 32.7. The molecule has 4 aromatic rings. The van der Waals surface area contributed by atoms with Gasteiger partial charge in [0.25, 0.3) is 11.7 Å². The van der Waals surface area contributed by atoms with Crippen LogP contribution in [0.2, 0.25) is 0 Å². The number of hydrogen-bond acceptors (Lipinski definition) is 6. The highest BCUT2D eigenvalue weighted by molar-refractivity contribution is 6.46. The summed E-state index contributed by atoms with van der Waals surface area (Å²) in [7, 11) is 0. The zero-order chi connectivity index (χ0) is 26.1. The van der Waals surface area contributed by atoms with E-state index in [1.807, 2.05) is 60.8 Å². The molecule has 0 saturated carbocycles. The van der Waals surface area contributed by atoms with Crippen LogP contribution in [0.5, 0.6) is 5.75 Å². The van der Waals surface area contributed by atoms with Gasteiger partial charge in [-0.15, -0.1) is 0 Å². The number of aliphatic hydroxyl groups is 1. The highest BCUT2D eigenvalue weighted by atomic mass is 16.5. The SMILES string of the molecule is CCCCOc1ccc(C2C(=C(O)c3nc4c(C)cccn4c3C)C(=O)C(=O)N2Cc2ccco2)cc1. The van der Waals surface area contributed by atoms with Crippen LogP contribution < -0.4 is 4.74 Å². The Hall–Kier alpha value is -4.33. The molecule has 1 amide bonds. The number of ether oxygens (including phenoxy) is 1. The Morgan fingerprint density at radius 3 is 2.57 bits per heavy atom. The molecule has 8 heteroatoms. The minimum atomic E-state index is -0.819. The topological polar surface area (TPSA) is 97.3 Å². The summed E-state index contributed by atoms with van der Waals surface area (Å²) < 4.78 is 13.1. The Bertz CT molecular complexity index is 1480. The van der Waals surface area contributed by atoms with Crippen LogP contribution >= 0.6 is 0 Å². The van der Waals surface area contributed by atoms with Crippen LogP contribution in [0.4, 0.5) is 0 Å². The third-order valence-electron chi connectivity index (χ3n) is 6.72. The van der Waals surface area contributed by atoms with Crippen molar-refractivity contribution in [2.75, 3.05) is 6.61 Å². The van der Waals surface area contributed by atoms with Gasteiger partial charge in [0.2, 0.25) is 0 Å². The van der Waals surface area contributed by atoms with Gasteiger partial charge in [-0.3, -0.25) is 9.59 Å². The fraction of sp³-hybridized carbons (Fsp3) is 0.276. The largest absolute Gasteiger partial charge is 0.505 e. The minimum absolute atomic E-state index is 0.000339. The van der Waals surface area contributed by atoms with E-state index in [4.69, 9.17) is 9.15 Å². The molecular formula is C29H29N3O5. The van der Waals surface area contributed by atoms with Crippen LogP contribution in [0.1, 0.15) is 54.1 Å². The first-order chi connectivity index (χ1) is 17.9. The number of hydrogen-bond donors (Lipinski definition) is 1. The van der Waals surface area contributed by atoms with Crippen molar-refractivity contribution in [1.82, 2.24) is 14.3 Å². The molecule has 8 nitrogen and oxygen atoms in total. The number of benzene rings is 1. The molecule has 1 atom stereocenters. The number of carbonyl (C=O) groups is 2. The quantitative estimate of drug-likeness (QED) is 0.152. The second-order valence-electron chi connectivity index (χ2n) is 9.21. The lowest BCUT2D eigenvalue weighted by Crippen LogP contribution is -2.29. The van der Waals surface area contributed by atoms with Gasteiger partial charge in [-0.2, -0.15) is 0 Å². The van der Waals surface area contributed by atoms with Gasteiger partial charge >= 0.3 is 0 Å². The maximum Gasteiger partial charge on any atom is 0.296 e. The van der Waals surface area contributed by atoms with E-state index in [1.165, 1.54) is 11.2 Å². The lowest BCUT2D eigenvalue weighted by Gasteiger charge is -2.24. The lowest BCUT2D eigenvalue weighted by molar-refractivity contribution is -0.140. The molecule has 0 spiro atoms. The van der Waals surface area contributed by atoms with Crippen LogP contribution in [0.25, 0.3) is 11.4 Å². The van der Waals surface area contributed by atoms with Crippen molar-refractivity contribution in [2.24, 2.45) is 0 Å². The van der Waals surface area contributed by atoms with Gasteiger partial charge in [-0.1, -0.05) is 31.5 Å². The summed E-state index contributed by atoms with van der Waals surface area (Å²) in [6, 6.07) is 13.8. The number of aromatic nitrogens is 2. The summed E-state index contributed by atoms with van der Waals surface area (Å²) in [5.74, 6) is -0.527. The zero-order valence-electron chi connectivity index (χ0n) is 21.1. The normalized spacial score (nSPS) is 17.2. The lowest BCUT2D eigenvalue weighted by atomic mass is 9.96. The highest BCUT2D eigenvalue weighted by Gasteiger charge is 2.47. The van der Waals surface area contributed by atoms with Crippen LogP contribution in [0, 0.1) is 13.8 Å². The molecule has 1 aliphatic heterocycles. The van der Waals surface area contributed by atoms with E-state index in [2.05, 4.69) is 11.9 Å². The number of amides is 1. The number of aliphatic hydroxyl groups excluding tert-OH is 1. The number of ketones is 1. The van der Waals surface area contributed by atoms with Crippen LogP contribution in [-0.2, 0) is 16.1 Å². The van der Waals surface area contributed by atoms with Crippen LogP contribution in [0.3, 0.4) is 0 Å². The van der Waals surface area contributed by atoms with E-state index >= 15 is 0 Å². The zero-order valence-corrected chi connectivity index (χ0v) is 21.1. The number of pyridine rings is 1. The maximum absolute atomic E-state index is 13.4. The number of aryl methyl sites for hydroxylation is 2. The van der Waals surface area contributed by atoms with Gasteiger partial charge in [0.1, 0.15) is 22.9 Å². The number of rotatable bonds is 8. The van der Waals surface area contributed by atoms with E-state index in [1.54, 1.807) is 12.1 Å². The third kappa shape index (κ3) is 4.39. The Morgan fingerprint density at radius 1 is 1.11 bits per heavy atom. The number of fused-ring (bicyclic) bond motifs is 1. The first kappa shape index (κ1) is 24.4. The molecule has 0 aliphatic carbocycles. The van der Waals surface area contributed by atoms with E-state index < -0.39 is 17.7 Å². The van der Waals surface area contributed by atoms with E-state index in [9.17, 15) is 14.7 Å². The fourth-order valence-corrected chi connectivity index (χ4v) is 4.71. The molecule has 1 unspecified atom stereocenters. The average Bonchev–Trinajstić information content (AvgIpc) is 3.60. The van der Waals surface area contributed by atoms with Gasteiger partial charge < -0.3 is 23.6 Å². The molecule has 1 fully saturated rings. The predicted octanol–water partition coefficient (Wildman–Crippen LogP) is 5.34. The van der Waals surface area contributed by atoms with Crippen LogP contribution in [-0.4, -0.2) is 37.7 Å². The number of furan rings is 1. The second kappa shape index (κ2) is 9.97. The number of unbranched alkanes of at least 4 members (excludes halogenated alkanes) is 1. The summed E-state index contributed by atoms with van der Waals surface area (Å²) in [5.41, 5.74) is 3.23. The van der Waals surface area contributed by atoms with Crippen molar-refractivity contribution in [3.05, 3.63) is 94.8 Å². The first-order valence-electron chi connectivity index (χ1n) is 12.4. The van der Waals surface area contributed by atoms with Crippen molar-refractivity contribution in [2.45, 2.75) is 46.2 Å². The number of likely N-dealkylation sites (tertiary alicyclic amines) is 1. The second-order valence-corrected chi connectivity index (χ2v) is 9.21. The Labute approximate surface area is 214 Å². The third-order valence-corrected chi connectivity index (χ3v) is 6.72. The van der Waals surface area contributed by atoms with Crippen molar-refractivity contribution in [3.8, 4) is 5.75 Å². The van der Waals surface area contributed by atoms with Gasteiger partial charge in [0.05, 0.1) is 36.7 Å². The summed E-state index contributed by atoms with van der Waals surface area (Å²) in [6.45, 7) is 6.54. The van der Waals surface area contributed by atoms with Gasteiger partial charge in [0.15, 0.2) is 5.76 Å². The minimum Gasteiger partial charge on any atom is -0.505 e. The van der Waals surface area contributed by atoms with Crippen LogP contribution in [0.15, 0.2) is 71.0 Å². The van der Waals surface area contributed by atoms with Gasteiger partial charge in [-0.25, -0.2) is 4.98 Å². The molecule has 0 radical (unpaired) electrons. The molecule has 3 aromatic heterocycles. The van der Waals surface area contributed by atoms with E-state index in [0.29, 0.717) is 35.0 Å². The van der Waals surface area contributed by atoms with Crippen molar-refractivity contribution >= 4 is 23.1 Å². The van der Waals surface area contributed by atoms with Crippen molar-refractivity contribution in [1.29, 1.82) is 0 Å². The van der Waals surface area contributed by atoms with Crippen molar-refractivity contribution in [3.63, 3.8) is 0 Å². The first-order valence-corrected chi connectivity index (χ1v) is 12.4. The smallest absolute Gasteiger partial charge is 0.296 e. The number of Topliss-reactive ketones (excluding diaryl/α,β-unsaturated/α-hetero) is 1. The number of nitrogens with zero attached hydrogens (tertiary/aromatic N) is 3. The fourth-order valence-electron chi connectivity index (χ4n) is 4.71. The molecule has 0 bridgehead atoms. The molecular weight excluding hydrogens is 470 g/mol. The molecule has 1 N–H and O–H groups in total. The van der Waals surface area contributed by atoms with Crippen molar-refractivity contribution < 1.29 is 23.8 Å². The number of carbonyl (C=O) groups excluding carboxylic acids is 2. The summed E-state index contributed by atoms with van der Waals surface area (Å²) >= 11 is 0. The molecule has 1 aromatic carbocycles. The monoisotopic (exact) mass is 499 g/mol. The highest BCUT2D eigenvalue weighted by Crippen LogP contribution is 2.41. The molecule has 190 valence electrons.